The Labute approximate surface area is 340 Å². The van der Waals surface area contributed by atoms with E-state index in [1.807, 2.05) is 24.3 Å². The minimum Gasteiger partial charge on any atom is -0.444 e. The number of pyridine rings is 1. The number of nitrogens with zero attached hydrogens (tertiary/aromatic N) is 6. The third kappa shape index (κ3) is 11.1. The summed E-state index contributed by atoms with van der Waals surface area (Å²) in [4.78, 5) is 88.7. The lowest BCUT2D eigenvalue weighted by Gasteiger charge is -2.34. The molecule has 1 saturated heterocycles. The topological polar surface area (TPSA) is 214 Å². The van der Waals surface area contributed by atoms with E-state index in [2.05, 4.69) is 41.5 Å². The van der Waals surface area contributed by atoms with Gasteiger partial charge in [0.15, 0.2) is 5.82 Å². The van der Waals surface area contributed by atoms with Crippen LogP contribution in [0.2, 0.25) is 0 Å². The summed E-state index contributed by atoms with van der Waals surface area (Å²) in [6.07, 6.45) is 4.16. The molecule has 0 atom stereocenters. The van der Waals surface area contributed by atoms with E-state index in [0.717, 1.165) is 10.8 Å². The number of imidazole rings is 1. The number of anilines is 3. The number of ether oxygens (including phenoxy) is 1. The summed E-state index contributed by atoms with van der Waals surface area (Å²) < 4.78 is 8.28. The van der Waals surface area contributed by atoms with Crippen LogP contribution < -0.4 is 26.6 Å². The Kier molecular flexibility index (Phi) is 12.7. The highest BCUT2D eigenvalue weighted by Gasteiger charge is 2.24. The van der Waals surface area contributed by atoms with Gasteiger partial charge in [-0.15, -0.1) is 0 Å². The van der Waals surface area contributed by atoms with Gasteiger partial charge in [-0.3, -0.25) is 33.9 Å². The fourth-order valence-corrected chi connectivity index (χ4v) is 6.29. The number of aryl methyl sites for hydroxylation is 2. The van der Waals surface area contributed by atoms with Gasteiger partial charge >= 0.3 is 6.09 Å². The summed E-state index contributed by atoms with van der Waals surface area (Å²) >= 11 is 0. The molecule has 1 fully saturated rings. The Morgan fingerprint density at radius 2 is 1.42 bits per heavy atom. The van der Waals surface area contributed by atoms with Gasteiger partial charge < -0.3 is 45.4 Å². The summed E-state index contributed by atoms with van der Waals surface area (Å²) in [6.45, 7) is 8.22. The molecule has 6 amide bonds. The molecule has 1 aliphatic rings. The number of piperazine rings is 1. The lowest BCUT2D eigenvalue weighted by atomic mass is 10.1. The van der Waals surface area contributed by atoms with Crippen molar-refractivity contribution in [2.75, 3.05) is 61.8 Å². The molecule has 5 N–H and O–H groups in total. The van der Waals surface area contributed by atoms with Gasteiger partial charge in [0.1, 0.15) is 23.5 Å². The molecule has 6 rings (SSSR count). The van der Waals surface area contributed by atoms with Crippen LogP contribution in [-0.4, -0.2) is 116 Å². The van der Waals surface area contributed by atoms with E-state index in [1.54, 1.807) is 93.1 Å². The Hall–Kier alpha value is -7.08. The van der Waals surface area contributed by atoms with Gasteiger partial charge in [-0.05, 0) is 62.6 Å². The van der Waals surface area contributed by atoms with E-state index >= 15 is 0 Å². The van der Waals surface area contributed by atoms with E-state index < -0.39 is 35.3 Å². The van der Waals surface area contributed by atoms with Gasteiger partial charge in [0.05, 0.1) is 5.69 Å². The fourth-order valence-electron chi connectivity index (χ4n) is 6.29. The second-order valence-electron chi connectivity index (χ2n) is 15.0. The van der Waals surface area contributed by atoms with Crippen molar-refractivity contribution < 1.29 is 33.5 Å². The molecule has 0 aliphatic carbocycles. The highest BCUT2D eigenvalue weighted by atomic mass is 16.6. The van der Waals surface area contributed by atoms with Crippen LogP contribution in [0.25, 0.3) is 10.8 Å². The van der Waals surface area contributed by atoms with Crippen molar-refractivity contribution in [1.82, 2.24) is 39.5 Å². The molecule has 59 heavy (non-hydrogen) atoms. The second-order valence-corrected chi connectivity index (χ2v) is 15.0. The van der Waals surface area contributed by atoms with Gasteiger partial charge in [-0.1, -0.05) is 24.3 Å². The molecule has 3 aromatic heterocycles. The van der Waals surface area contributed by atoms with Gasteiger partial charge in [-0.2, -0.15) is 0 Å². The van der Waals surface area contributed by atoms with Crippen molar-refractivity contribution in [1.29, 1.82) is 0 Å². The molecule has 4 heterocycles. The minimum absolute atomic E-state index is 0.111. The summed E-state index contributed by atoms with van der Waals surface area (Å²) in [5, 5.41) is 15.4. The Bertz CT molecular complexity index is 2370. The maximum Gasteiger partial charge on any atom is 0.408 e. The highest BCUT2D eigenvalue weighted by Crippen LogP contribution is 2.19. The number of alkyl carbamates (subject to hydrolysis) is 1. The molecule has 0 unspecified atom stereocenters. The van der Waals surface area contributed by atoms with Crippen molar-refractivity contribution in [2.45, 2.75) is 26.4 Å². The predicted molar refractivity (Wildman–Crippen MR) is 220 cm³/mol. The van der Waals surface area contributed by atoms with E-state index in [1.165, 1.54) is 10.8 Å². The lowest BCUT2D eigenvalue weighted by molar-refractivity contribution is -0.132. The monoisotopic (exact) mass is 805 g/mol. The molecule has 0 saturated carbocycles. The molecule has 18 nitrogen and oxygen atoms in total. The number of amides is 6. The molecule has 0 bridgehead atoms. The summed E-state index contributed by atoms with van der Waals surface area (Å²) in [5.41, 5.74) is 1.06. The normalized spacial score (nSPS) is 13.1. The second kappa shape index (κ2) is 18.0. The first-order valence-corrected chi connectivity index (χ1v) is 19.0. The third-order valence-corrected chi connectivity index (χ3v) is 9.31. The molecular weight excluding hydrogens is 759 g/mol. The quantitative estimate of drug-likeness (QED) is 0.124. The zero-order chi connectivity index (χ0) is 42.3. The molecular formula is C41H47N11O7. The molecule has 0 spiro atoms. The first-order chi connectivity index (χ1) is 28.1. The van der Waals surface area contributed by atoms with Crippen molar-refractivity contribution in [2.24, 2.45) is 14.1 Å². The largest absolute Gasteiger partial charge is 0.444 e. The van der Waals surface area contributed by atoms with Crippen LogP contribution in [0.15, 0.2) is 79.3 Å². The van der Waals surface area contributed by atoms with Gasteiger partial charge in [0.25, 0.3) is 23.6 Å². The van der Waals surface area contributed by atoms with E-state index in [4.69, 9.17) is 4.74 Å². The van der Waals surface area contributed by atoms with E-state index in [9.17, 15) is 28.8 Å². The molecule has 0 radical (unpaired) electrons. The van der Waals surface area contributed by atoms with Crippen LogP contribution in [0.3, 0.4) is 0 Å². The van der Waals surface area contributed by atoms with Crippen LogP contribution in [0.4, 0.5) is 22.0 Å². The van der Waals surface area contributed by atoms with Crippen molar-refractivity contribution in [3.05, 3.63) is 102 Å². The van der Waals surface area contributed by atoms with Crippen LogP contribution in [0.5, 0.6) is 0 Å². The first-order valence-electron chi connectivity index (χ1n) is 19.0. The number of hydrogen-bond donors (Lipinski definition) is 5. The number of nitrogens with one attached hydrogen (secondary N) is 5. The Morgan fingerprint density at radius 3 is 2.14 bits per heavy atom. The zero-order valence-corrected chi connectivity index (χ0v) is 33.5. The third-order valence-electron chi connectivity index (χ3n) is 9.31. The number of fused-ring (bicyclic) bond motifs is 1. The molecule has 1 aliphatic heterocycles. The number of benzene rings is 2. The molecule has 18 heteroatoms. The summed E-state index contributed by atoms with van der Waals surface area (Å²) in [5.74, 6) is -1.60. The fraction of sp³-hybridized carbons (Fsp3) is 0.317. The number of rotatable bonds is 12. The summed E-state index contributed by atoms with van der Waals surface area (Å²) in [6, 6.07) is 17.1. The standard InChI is InChI=1S/C41H47N11O7/c1-41(2,3)59-40(58)44-23-34(53)52-18-16-51(17-19-52)15-14-42-39(57)35-47-33(25-50(35)5)48-36(54)26-10-12-29(13-11-26)45-38(56)32-21-30(24-49(32)4)46-37(55)31-20-27-8-6-7-9-28(27)22-43-31/h6-13,20-22,24-25H,14-19,23H2,1-5H3,(H,42,57)(H,44,58)(H,45,56)(H,46,55)(H,48,54). The Morgan fingerprint density at radius 1 is 0.729 bits per heavy atom. The van der Waals surface area contributed by atoms with Crippen LogP contribution in [-0.2, 0) is 23.6 Å². The van der Waals surface area contributed by atoms with Crippen molar-refractivity contribution in [3.8, 4) is 0 Å². The number of carbonyl (C=O) groups is 6. The smallest absolute Gasteiger partial charge is 0.408 e. The molecule has 5 aromatic rings. The molecule has 2 aromatic carbocycles. The van der Waals surface area contributed by atoms with Crippen LogP contribution in [0.1, 0.15) is 62.7 Å². The van der Waals surface area contributed by atoms with Gasteiger partial charge in [0, 0.05) is 88.6 Å². The zero-order valence-electron chi connectivity index (χ0n) is 33.5. The van der Waals surface area contributed by atoms with Crippen molar-refractivity contribution >= 4 is 63.6 Å². The van der Waals surface area contributed by atoms with Gasteiger partial charge in [0.2, 0.25) is 11.7 Å². The number of carbonyl (C=O) groups excluding carboxylic acids is 6. The SMILES string of the molecule is Cn1cc(NC(=O)c2cc3ccccc3cn2)cc1C(=O)Nc1ccc(C(=O)Nc2cn(C)c(C(=O)NCCN3CCN(C(=O)CNC(=O)OC(C)(C)C)CC3)n2)cc1. The van der Waals surface area contributed by atoms with Crippen molar-refractivity contribution in [3.63, 3.8) is 0 Å². The van der Waals surface area contributed by atoms with E-state index in [-0.39, 0.29) is 29.8 Å². The minimum atomic E-state index is -0.651. The number of hydrogen-bond acceptors (Lipinski definition) is 10. The average Bonchev–Trinajstić information content (AvgIpc) is 3.76. The van der Waals surface area contributed by atoms with Crippen LogP contribution >= 0.6 is 0 Å². The maximum atomic E-state index is 13.1. The maximum absolute atomic E-state index is 13.1. The van der Waals surface area contributed by atoms with Crippen LogP contribution in [0, 0.1) is 0 Å². The van der Waals surface area contributed by atoms with Gasteiger partial charge in [-0.25, -0.2) is 9.78 Å². The average molecular weight is 806 g/mol. The number of aromatic nitrogens is 4. The molecule has 308 valence electrons. The summed E-state index contributed by atoms with van der Waals surface area (Å²) in [7, 11) is 3.33. The predicted octanol–water partition coefficient (Wildman–Crippen LogP) is 3.46. The Balaban J connectivity index is 0.927. The van der Waals surface area contributed by atoms with E-state index in [0.29, 0.717) is 61.9 Å². The highest BCUT2D eigenvalue weighted by molar-refractivity contribution is 6.08. The lowest BCUT2D eigenvalue weighted by Crippen LogP contribution is -2.52. The first kappa shape index (κ1) is 41.6.